The molecule has 100 valence electrons. The molecular weight excluding hydrogens is 338 g/mol. The van der Waals surface area contributed by atoms with Gasteiger partial charge in [0.2, 0.25) is 0 Å². The van der Waals surface area contributed by atoms with Gasteiger partial charge < -0.3 is 4.98 Å². The standard InChI is InChI=1S/C15H11BrClN3/c16-11-1-6-15-14(7-11)10(8-18-15)9-19-20-13-4-2-12(17)3-5-13/h1-9,18,20H/b19-9+. The first-order valence-electron chi connectivity index (χ1n) is 6.04. The number of fused-ring (bicyclic) bond motifs is 1. The van der Waals surface area contributed by atoms with Crippen LogP contribution >= 0.6 is 27.5 Å². The van der Waals surface area contributed by atoms with E-state index in [2.05, 4.69) is 37.5 Å². The Hall–Kier alpha value is -1.78. The van der Waals surface area contributed by atoms with E-state index in [4.69, 9.17) is 11.6 Å². The second kappa shape index (κ2) is 5.69. The van der Waals surface area contributed by atoms with E-state index in [0.29, 0.717) is 5.02 Å². The number of benzene rings is 2. The molecule has 2 N–H and O–H groups in total. The van der Waals surface area contributed by atoms with Gasteiger partial charge in [-0.15, -0.1) is 0 Å². The highest BCUT2D eigenvalue weighted by atomic mass is 79.9. The maximum atomic E-state index is 5.83. The van der Waals surface area contributed by atoms with Crippen LogP contribution in [0.5, 0.6) is 0 Å². The molecule has 0 aliphatic rings. The molecule has 2 aromatic carbocycles. The largest absolute Gasteiger partial charge is 0.361 e. The molecule has 0 atom stereocenters. The van der Waals surface area contributed by atoms with Crippen molar-refractivity contribution in [3.8, 4) is 0 Å². The zero-order chi connectivity index (χ0) is 13.9. The van der Waals surface area contributed by atoms with Crippen LogP contribution in [0.2, 0.25) is 5.02 Å². The minimum atomic E-state index is 0.709. The fourth-order valence-electron chi connectivity index (χ4n) is 1.92. The van der Waals surface area contributed by atoms with Crippen molar-refractivity contribution in [1.82, 2.24) is 4.98 Å². The van der Waals surface area contributed by atoms with Crippen LogP contribution in [0.4, 0.5) is 5.69 Å². The van der Waals surface area contributed by atoms with Crippen LogP contribution < -0.4 is 5.43 Å². The predicted octanol–water partition coefficient (Wildman–Crippen LogP) is 5.03. The predicted molar refractivity (Wildman–Crippen MR) is 88.7 cm³/mol. The quantitative estimate of drug-likeness (QED) is 0.506. The fraction of sp³-hybridized carbons (Fsp3) is 0. The van der Waals surface area contributed by atoms with Crippen molar-refractivity contribution in [3.63, 3.8) is 0 Å². The van der Waals surface area contributed by atoms with Gasteiger partial charge in [0, 0.05) is 32.2 Å². The number of nitrogens with zero attached hydrogens (tertiary/aromatic N) is 1. The second-order valence-electron chi connectivity index (χ2n) is 4.31. The van der Waals surface area contributed by atoms with Crippen LogP contribution in [0.3, 0.4) is 0 Å². The van der Waals surface area contributed by atoms with Gasteiger partial charge in [0.1, 0.15) is 0 Å². The van der Waals surface area contributed by atoms with E-state index in [1.54, 1.807) is 6.21 Å². The summed E-state index contributed by atoms with van der Waals surface area (Å²) in [5, 5.41) is 6.08. The van der Waals surface area contributed by atoms with Gasteiger partial charge in [-0.05, 0) is 42.5 Å². The Balaban J connectivity index is 1.80. The lowest BCUT2D eigenvalue weighted by Crippen LogP contribution is -1.89. The first-order chi connectivity index (χ1) is 9.72. The molecule has 0 fully saturated rings. The van der Waals surface area contributed by atoms with Gasteiger partial charge >= 0.3 is 0 Å². The van der Waals surface area contributed by atoms with Crippen molar-refractivity contribution < 1.29 is 0 Å². The highest BCUT2D eigenvalue weighted by Gasteiger charge is 2.01. The van der Waals surface area contributed by atoms with E-state index in [-0.39, 0.29) is 0 Å². The number of rotatable bonds is 3. The summed E-state index contributed by atoms with van der Waals surface area (Å²) < 4.78 is 1.05. The lowest BCUT2D eigenvalue weighted by Gasteiger charge is -1.99. The number of anilines is 1. The molecule has 0 aliphatic heterocycles. The average molecular weight is 349 g/mol. The molecule has 3 aromatic rings. The Morgan fingerprint density at radius 3 is 2.75 bits per heavy atom. The molecule has 0 aliphatic carbocycles. The number of hydrogen-bond acceptors (Lipinski definition) is 2. The van der Waals surface area contributed by atoms with E-state index >= 15 is 0 Å². The van der Waals surface area contributed by atoms with Gasteiger partial charge in [0.25, 0.3) is 0 Å². The van der Waals surface area contributed by atoms with Crippen molar-refractivity contribution in [2.24, 2.45) is 5.10 Å². The minimum absolute atomic E-state index is 0.709. The van der Waals surface area contributed by atoms with Gasteiger partial charge in [-0.25, -0.2) is 0 Å². The van der Waals surface area contributed by atoms with E-state index < -0.39 is 0 Å². The molecule has 0 radical (unpaired) electrons. The Morgan fingerprint density at radius 2 is 1.95 bits per heavy atom. The smallest absolute Gasteiger partial charge is 0.0566 e. The van der Waals surface area contributed by atoms with Gasteiger partial charge in [-0.1, -0.05) is 27.5 Å². The lowest BCUT2D eigenvalue weighted by molar-refractivity contribution is 1.35. The van der Waals surface area contributed by atoms with Crippen molar-refractivity contribution in [1.29, 1.82) is 0 Å². The summed E-state index contributed by atoms with van der Waals surface area (Å²) in [5.41, 5.74) is 5.98. The van der Waals surface area contributed by atoms with Crippen molar-refractivity contribution in [3.05, 3.63) is 63.7 Å². The van der Waals surface area contributed by atoms with Crippen molar-refractivity contribution in [2.45, 2.75) is 0 Å². The second-order valence-corrected chi connectivity index (χ2v) is 5.66. The zero-order valence-electron chi connectivity index (χ0n) is 10.4. The number of nitrogens with one attached hydrogen (secondary N) is 2. The molecule has 5 heteroatoms. The monoisotopic (exact) mass is 347 g/mol. The zero-order valence-corrected chi connectivity index (χ0v) is 12.7. The van der Waals surface area contributed by atoms with Crippen LogP contribution in [0, 0.1) is 0 Å². The summed E-state index contributed by atoms with van der Waals surface area (Å²) in [6, 6.07) is 13.5. The molecule has 0 unspecified atom stereocenters. The summed E-state index contributed by atoms with van der Waals surface area (Å²) in [6.07, 6.45) is 3.73. The molecule has 1 aromatic heterocycles. The lowest BCUT2D eigenvalue weighted by atomic mass is 10.2. The molecular formula is C15H11BrClN3. The number of hydrazone groups is 1. The first kappa shape index (κ1) is 13.2. The molecule has 3 rings (SSSR count). The van der Waals surface area contributed by atoms with Gasteiger partial charge in [-0.3, -0.25) is 5.43 Å². The van der Waals surface area contributed by atoms with Crippen molar-refractivity contribution >= 4 is 50.3 Å². The molecule has 0 spiro atoms. The molecule has 1 heterocycles. The van der Waals surface area contributed by atoms with E-state index in [0.717, 1.165) is 26.6 Å². The third-order valence-electron chi connectivity index (χ3n) is 2.92. The number of halogens is 2. The normalized spacial score (nSPS) is 11.3. The summed E-state index contributed by atoms with van der Waals surface area (Å²) in [7, 11) is 0. The van der Waals surface area contributed by atoms with Crippen LogP contribution in [0.25, 0.3) is 10.9 Å². The number of H-pyrrole nitrogens is 1. The molecule has 3 nitrogen and oxygen atoms in total. The van der Waals surface area contributed by atoms with Crippen LogP contribution in [0.15, 0.2) is 58.2 Å². The summed E-state index contributed by atoms with van der Waals surface area (Å²) in [4.78, 5) is 3.21. The maximum absolute atomic E-state index is 5.83. The Morgan fingerprint density at radius 1 is 1.15 bits per heavy atom. The summed E-state index contributed by atoms with van der Waals surface area (Å²) in [5.74, 6) is 0. The van der Waals surface area contributed by atoms with Crippen LogP contribution in [0.1, 0.15) is 5.56 Å². The van der Waals surface area contributed by atoms with E-state index in [1.807, 2.05) is 42.6 Å². The van der Waals surface area contributed by atoms with Gasteiger partial charge in [0.05, 0.1) is 11.9 Å². The van der Waals surface area contributed by atoms with Crippen LogP contribution in [-0.2, 0) is 0 Å². The molecule has 20 heavy (non-hydrogen) atoms. The minimum Gasteiger partial charge on any atom is -0.361 e. The van der Waals surface area contributed by atoms with Gasteiger partial charge in [-0.2, -0.15) is 5.10 Å². The Kier molecular flexibility index (Phi) is 3.76. The summed E-state index contributed by atoms with van der Waals surface area (Å²) in [6.45, 7) is 0. The van der Waals surface area contributed by atoms with E-state index in [1.165, 1.54) is 0 Å². The molecule has 0 saturated heterocycles. The van der Waals surface area contributed by atoms with E-state index in [9.17, 15) is 0 Å². The third-order valence-corrected chi connectivity index (χ3v) is 3.66. The van der Waals surface area contributed by atoms with Crippen LogP contribution in [-0.4, -0.2) is 11.2 Å². The van der Waals surface area contributed by atoms with Crippen molar-refractivity contribution in [2.75, 3.05) is 5.43 Å². The highest BCUT2D eigenvalue weighted by molar-refractivity contribution is 9.10. The molecule has 0 bridgehead atoms. The number of aromatic nitrogens is 1. The molecule has 0 amide bonds. The number of aromatic amines is 1. The fourth-order valence-corrected chi connectivity index (χ4v) is 2.41. The topological polar surface area (TPSA) is 40.2 Å². The maximum Gasteiger partial charge on any atom is 0.0566 e. The van der Waals surface area contributed by atoms with Gasteiger partial charge in [0.15, 0.2) is 0 Å². The average Bonchev–Trinajstić information content (AvgIpc) is 2.84. The highest BCUT2D eigenvalue weighted by Crippen LogP contribution is 2.21. The Bertz CT molecular complexity index is 762. The number of hydrogen-bond donors (Lipinski definition) is 2. The SMILES string of the molecule is Clc1ccc(N/N=C/c2c[nH]c3ccc(Br)cc23)cc1. The Labute approximate surface area is 129 Å². The first-order valence-corrected chi connectivity index (χ1v) is 7.21. The third kappa shape index (κ3) is 2.86. The molecule has 0 saturated carbocycles. The summed E-state index contributed by atoms with van der Waals surface area (Å²) >= 11 is 9.31.